The second-order valence-electron chi connectivity index (χ2n) is 8.44. The van der Waals surface area contributed by atoms with Crippen molar-refractivity contribution in [3.8, 4) is 0 Å². The van der Waals surface area contributed by atoms with Crippen molar-refractivity contribution in [3.63, 3.8) is 0 Å². The minimum atomic E-state index is -4.14. The van der Waals surface area contributed by atoms with Gasteiger partial charge in [0.05, 0.1) is 23.5 Å². The van der Waals surface area contributed by atoms with E-state index >= 15 is 0 Å². The third-order valence-corrected chi connectivity index (χ3v) is 8.92. The number of piperazine rings is 1. The Balaban J connectivity index is 1.96. The first-order chi connectivity index (χ1) is 17.3. The molecule has 0 amide bonds. The molecule has 3 rings (SSSR count). The zero-order valence-corrected chi connectivity index (χ0v) is 24.3. The van der Waals surface area contributed by atoms with Gasteiger partial charge in [-0.2, -0.15) is 12.7 Å². The highest BCUT2D eigenvalue weighted by Gasteiger charge is 2.34. The first-order valence-corrected chi connectivity index (χ1v) is 16.0. The van der Waals surface area contributed by atoms with Gasteiger partial charge in [-0.25, -0.2) is 8.42 Å². The quantitative estimate of drug-likeness (QED) is 0.157. The van der Waals surface area contributed by atoms with Gasteiger partial charge in [-0.15, -0.1) is 0 Å². The molecule has 37 heavy (non-hydrogen) atoms. The van der Waals surface area contributed by atoms with E-state index in [0.29, 0.717) is 35.6 Å². The molecule has 11 nitrogen and oxygen atoms in total. The van der Waals surface area contributed by atoms with E-state index in [2.05, 4.69) is 15.9 Å². The molecule has 1 aliphatic heterocycles. The van der Waals surface area contributed by atoms with Crippen LogP contribution in [0, 0.1) is 17.0 Å². The van der Waals surface area contributed by atoms with Gasteiger partial charge in [-0.3, -0.25) is 14.3 Å². The van der Waals surface area contributed by atoms with Crippen molar-refractivity contribution in [2.45, 2.75) is 11.8 Å². The number of non-ortho nitro benzene ring substituents is 1. The average molecular weight is 640 g/mol. The van der Waals surface area contributed by atoms with E-state index in [1.54, 1.807) is 17.9 Å². The van der Waals surface area contributed by atoms with Crippen LogP contribution in [0.5, 0.6) is 0 Å². The fourth-order valence-corrected chi connectivity index (χ4v) is 6.89. The zero-order chi connectivity index (χ0) is 27.4. The molecule has 0 spiro atoms. The van der Waals surface area contributed by atoms with Crippen molar-refractivity contribution in [3.05, 3.63) is 57.1 Å². The maximum Gasteiger partial charge on any atom is 0.271 e. The van der Waals surface area contributed by atoms with Gasteiger partial charge in [0.2, 0.25) is 10.0 Å². The van der Waals surface area contributed by atoms with Crippen LogP contribution < -0.4 is 9.80 Å². The summed E-state index contributed by atoms with van der Waals surface area (Å²) in [7, 11) is -7.84. The van der Waals surface area contributed by atoms with E-state index in [1.807, 2.05) is 23.1 Å². The second-order valence-corrected chi connectivity index (χ2v) is 13.2. The Bertz CT molecular complexity index is 1350. The van der Waals surface area contributed by atoms with Crippen molar-refractivity contribution in [1.82, 2.24) is 4.31 Å². The standard InChI is InChI=1S/C22H28BrClN4O7S2/c1-17-14-20(28(29)30)16-21(22(17)26(7-6-23)12-13-35-36(2,31)32)37(33,34)27-10-8-25(9-11-27)19-5-3-4-18(24)15-19/h3-5,14-16H,6-13H2,1-2H3. The van der Waals surface area contributed by atoms with Gasteiger partial charge in [-0.1, -0.05) is 33.6 Å². The molecular weight excluding hydrogens is 612 g/mol. The molecule has 0 N–H and O–H groups in total. The molecule has 0 unspecified atom stereocenters. The van der Waals surface area contributed by atoms with Crippen LogP contribution in [0.2, 0.25) is 5.02 Å². The highest BCUT2D eigenvalue weighted by atomic mass is 79.9. The van der Waals surface area contributed by atoms with Gasteiger partial charge in [-0.05, 0) is 30.7 Å². The van der Waals surface area contributed by atoms with E-state index in [1.165, 1.54) is 10.4 Å². The molecule has 1 heterocycles. The van der Waals surface area contributed by atoms with E-state index < -0.39 is 25.1 Å². The lowest BCUT2D eigenvalue weighted by molar-refractivity contribution is -0.385. The van der Waals surface area contributed by atoms with Crippen LogP contribution in [0.15, 0.2) is 41.3 Å². The molecule has 15 heteroatoms. The minimum Gasteiger partial charge on any atom is -0.369 e. The fourth-order valence-electron chi connectivity index (χ4n) is 4.17. The topological polar surface area (TPSA) is 130 Å². The van der Waals surface area contributed by atoms with Crippen molar-refractivity contribution in [2.75, 3.05) is 67.3 Å². The number of halogens is 2. The lowest BCUT2D eigenvalue weighted by atomic mass is 10.1. The molecule has 1 saturated heterocycles. The normalized spacial score (nSPS) is 15.1. The maximum absolute atomic E-state index is 13.9. The first-order valence-electron chi connectivity index (χ1n) is 11.3. The predicted molar refractivity (Wildman–Crippen MR) is 147 cm³/mol. The molecule has 204 valence electrons. The summed E-state index contributed by atoms with van der Waals surface area (Å²) >= 11 is 9.44. The Labute approximate surface area is 230 Å². The molecule has 0 radical (unpaired) electrons. The highest BCUT2D eigenvalue weighted by Crippen LogP contribution is 2.36. The number of rotatable bonds is 11. The summed E-state index contributed by atoms with van der Waals surface area (Å²) < 4.78 is 56.8. The van der Waals surface area contributed by atoms with Crippen LogP contribution in [-0.4, -0.2) is 83.5 Å². The monoisotopic (exact) mass is 638 g/mol. The molecular formula is C22H28BrClN4O7S2. The summed E-state index contributed by atoms with van der Waals surface area (Å²) in [6.07, 6.45) is 0.928. The number of anilines is 2. The third kappa shape index (κ3) is 7.54. The third-order valence-electron chi connectivity index (χ3n) is 5.82. The summed E-state index contributed by atoms with van der Waals surface area (Å²) in [5, 5.41) is 12.6. The number of nitrogens with zero attached hydrogens (tertiary/aromatic N) is 4. The van der Waals surface area contributed by atoms with Crippen molar-refractivity contribution < 1.29 is 25.9 Å². The lowest BCUT2D eigenvalue weighted by Gasteiger charge is -2.36. The molecule has 0 aliphatic carbocycles. The first kappa shape index (κ1) is 29.6. The van der Waals surface area contributed by atoms with E-state index in [0.717, 1.165) is 18.0 Å². The van der Waals surface area contributed by atoms with Gasteiger partial charge in [0.15, 0.2) is 0 Å². The van der Waals surface area contributed by atoms with Crippen LogP contribution in [-0.2, 0) is 24.3 Å². The fraction of sp³-hybridized carbons (Fsp3) is 0.455. The molecule has 0 saturated carbocycles. The Hall–Kier alpha value is -1.97. The minimum absolute atomic E-state index is 0.0579. The van der Waals surface area contributed by atoms with E-state index in [9.17, 15) is 26.9 Å². The molecule has 1 fully saturated rings. The Kier molecular flexibility index (Phi) is 9.80. The largest absolute Gasteiger partial charge is 0.369 e. The van der Waals surface area contributed by atoms with Crippen LogP contribution >= 0.6 is 27.5 Å². The number of nitro benzene ring substituents is 1. The summed E-state index contributed by atoms with van der Waals surface area (Å²) in [5.74, 6) is 0. The molecule has 2 aromatic carbocycles. The number of benzene rings is 2. The summed E-state index contributed by atoms with van der Waals surface area (Å²) in [6, 6.07) is 9.67. The summed E-state index contributed by atoms with van der Waals surface area (Å²) in [6.45, 7) is 2.93. The van der Waals surface area contributed by atoms with Gasteiger partial charge >= 0.3 is 0 Å². The van der Waals surface area contributed by atoms with E-state index in [4.69, 9.17) is 15.8 Å². The van der Waals surface area contributed by atoms with Crippen molar-refractivity contribution in [1.29, 1.82) is 0 Å². The highest BCUT2D eigenvalue weighted by molar-refractivity contribution is 9.09. The number of aryl methyl sites for hydroxylation is 1. The Morgan fingerprint density at radius 1 is 1.11 bits per heavy atom. The predicted octanol–water partition coefficient (Wildman–Crippen LogP) is 3.25. The number of hydrogen-bond acceptors (Lipinski definition) is 9. The average Bonchev–Trinajstić information content (AvgIpc) is 2.82. The molecule has 0 aromatic heterocycles. The number of hydrogen-bond donors (Lipinski definition) is 0. The van der Waals surface area contributed by atoms with Crippen molar-refractivity contribution >= 4 is 64.7 Å². The summed E-state index contributed by atoms with van der Waals surface area (Å²) in [5.41, 5.74) is 1.19. The molecule has 0 bridgehead atoms. The number of sulfonamides is 1. The lowest BCUT2D eigenvalue weighted by Crippen LogP contribution is -2.49. The summed E-state index contributed by atoms with van der Waals surface area (Å²) in [4.78, 5) is 14.5. The van der Waals surface area contributed by atoms with Gasteiger partial charge in [0.1, 0.15) is 4.90 Å². The number of nitro groups is 1. The van der Waals surface area contributed by atoms with Gasteiger partial charge in [0.25, 0.3) is 15.8 Å². The Morgan fingerprint density at radius 2 is 1.78 bits per heavy atom. The smallest absolute Gasteiger partial charge is 0.271 e. The SMILES string of the molecule is Cc1cc([N+](=O)[O-])cc(S(=O)(=O)N2CCN(c3cccc(Cl)c3)CC2)c1N(CCBr)CCOS(C)(=O)=O. The van der Waals surface area contributed by atoms with Crippen LogP contribution in [0.4, 0.5) is 17.1 Å². The van der Waals surface area contributed by atoms with Crippen LogP contribution in [0.3, 0.4) is 0 Å². The van der Waals surface area contributed by atoms with Gasteiger partial charge in [0, 0.05) is 67.4 Å². The van der Waals surface area contributed by atoms with Crippen LogP contribution in [0.1, 0.15) is 5.56 Å². The molecule has 1 aliphatic rings. The van der Waals surface area contributed by atoms with Gasteiger partial charge < -0.3 is 9.80 Å². The second kappa shape index (κ2) is 12.3. The maximum atomic E-state index is 13.9. The Morgan fingerprint density at radius 3 is 2.35 bits per heavy atom. The molecule has 0 atom stereocenters. The molecule has 2 aromatic rings. The zero-order valence-electron chi connectivity index (χ0n) is 20.3. The number of alkyl halides is 1. The van der Waals surface area contributed by atoms with Crippen molar-refractivity contribution in [2.24, 2.45) is 0 Å². The van der Waals surface area contributed by atoms with E-state index in [-0.39, 0.29) is 42.5 Å². The van der Waals surface area contributed by atoms with Crippen LogP contribution in [0.25, 0.3) is 0 Å².